The molecule has 28 heavy (non-hydrogen) atoms. The number of aromatic nitrogens is 4. The molecule has 9 heteroatoms. The number of ketones is 1. The Morgan fingerprint density at radius 3 is 2.61 bits per heavy atom. The van der Waals surface area contributed by atoms with Crippen LogP contribution < -0.4 is 15.3 Å². The smallest absolute Gasteiger partial charge is 0.300 e. The third-order valence-corrected chi connectivity index (χ3v) is 5.06. The first-order valence-corrected chi connectivity index (χ1v) is 9.31. The van der Waals surface area contributed by atoms with E-state index in [0.29, 0.717) is 21.7 Å². The van der Waals surface area contributed by atoms with Gasteiger partial charge < -0.3 is 9.63 Å². The molecule has 0 spiro atoms. The van der Waals surface area contributed by atoms with E-state index in [9.17, 15) is 14.7 Å². The lowest BCUT2D eigenvalue weighted by Crippen LogP contribution is -2.37. The topological polar surface area (TPSA) is 105 Å². The number of benzene rings is 2. The van der Waals surface area contributed by atoms with Crippen molar-refractivity contribution in [3.05, 3.63) is 70.6 Å². The van der Waals surface area contributed by atoms with Gasteiger partial charge in [-0.25, -0.2) is 4.98 Å². The van der Waals surface area contributed by atoms with Crippen LogP contribution in [0.1, 0.15) is 10.5 Å². The Balaban J connectivity index is 1.78. The Bertz CT molecular complexity index is 1210. The van der Waals surface area contributed by atoms with Crippen molar-refractivity contribution in [3.63, 3.8) is 0 Å². The predicted octanol–water partition coefficient (Wildman–Crippen LogP) is 1.25. The molecule has 4 rings (SSSR count). The van der Waals surface area contributed by atoms with Crippen LogP contribution in [0, 0.1) is 0 Å². The van der Waals surface area contributed by atoms with E-state index in [1.54, 1.807) is 36.4 Å². The van der Waals surface area contributed by atoms with Gasteiger partial charge in [-0.2, -0.15) is 0 Å². The Kier molecular flexibility index (Phi) is 4.66. The number of thioether (sulfide) groups is 1. The molecule has 0 bridgehead atoms. The third-order valence-electron chi connectivity index (χ3n) is 4.12. The van der Waals surface area contributed by atoms with Gasteiger partial charge in [-0.3, -0.25) is 14.2 Å². The van der Waals surface area contributed by atoms with Gasteiger partial charge in [0.15, 0.2) is 18.2 Å². The van der Waals surface area contributed by atoms with Crippen LogP contribution in [0.4, 0.5) is 0 Å². The number of carbonyl (C=O) groups is 1. The molecule has 4 aromatic rings. The van der Waals surface area contributed by atoms with Crippen molar-refractivity contribution in [2.24, 2.45) is 7.05 Å². The van der Waals surface area contributed by atoms with Crippen LogP contribution in [0.2, 0.25) is 0 Å². The van der Waals surface area contributed by atoms with E-state index in [1.807, 2.05) is 18.2 Å². The zero-order valence-corrected chi connectivity index (χ0v) is 15.5. The molecule has 2 heterocycles. The van der Waals surface area contributed by atoms with Gasteiger partial charge in [-0.05, 0) is 24.3 Å². The highest BCUT2D eigenvalue weighted by Crippen LogP contribution is 2.22. The van der Waals surface area contributed by atoms with E-state index < -0.39 is 11.7 Å². The second-order valence-corrected chi connectivity index (χ2v) is 6.87. The summed E-state index contributed by atoms with van der Waals surface area (Å²) in [7, 11) is 1.46. The summed E-state index contributed by atoms with van der Waals surface area (Å²) < 4.78 is 7.06. The van der Waals surface area contributed by atoms with E-state index in [2.05, 4.69) is 14.8 Å². The second kappa shape index (κ2) is 7.28. The summed E-state index contributed by atoms with van der Waals surface area (Å²) in [6, 6.07) is 16.1. The maximum absolute atomic E-state index is 13.1. The maximum Gasteiger partial charge on any atom is 0.300 e. The molecule has 0 aliphatic rings. The van der Waals surface area contributed by atoms with Gasteiger partial charge in [0.25, 0.3) is 11.3 Å². The average molecular weight is 394 g/mol. The number of nitrogens with zero attached hydrogens (tertiary/aromatic N) is 4. The van der Waals surface area contributed by atoms with Crippen molar-refractivity contribution >= 4 is 28.4 Å². The summed E-state index contributed by atoms with van der Waals surface area (Å²) in [5.41, 5.74) is 0.795. The number of hydrogen-bond donors (Lipinski definition) is 0. The Morgan fingerprint density at radius 1 is 1.18 bits per heavy atom. The highest BCUT2D eigenvalue weighted by Gasteiger charge is 2.24. The number of aryl methyl sites for hydroxylation is 1. The fourth-order valence-electron chi connectivity index (χ4n) is 2.82. The van der Waals surface area contributed by atoms with Crippen molar-refractivity contribution < 1.29 is 19.1 Å². The minimum atomic E-state index is -0.792. The molecular formula is C19H14N4O4S. The second-order valence-electron chi connectivity index (χ2n) is 5.93. The molecule has 8 nitrogen and oxygen atoms in total. The molecule has 0 amide bonds. The fourth-order valence-corrected chi connectivity index (χ4v) is 3.70. The first-order valence-electron chi connectivity index (χ1n) is 8.32. The van der Waals surface area contributed by atoms with Gasteiger partial charge in [0.1, 0.15) is 0 Å². The fraction of sp³-hybridized carbons (Fsp3) is 0.105. The number of carbonyl (C=O) groups excluding carboxylic acids is 1. The molecule has 0 saturated heterocycles. The summed E-state index contributed by atoms with van der Waals surface area (Å²) in [4.78, 5) is 30.1. The number of rotatable bonds is 5. The van der Waals surface area contributed by atoms with Crippen LogP contribution >= 0.6 is 11.8 Å². The van der Waals surface area contributed by atoms with Crippen molar-refractivity contribution in [2.75, 3.05) is 5.75 Å². The lowest BCUT2D eigenvalue weighted by molar-refractivity contribution is -0.741. The van der Waals surface area contributed by atoms with Gasteiger partial charge in [0.05, 0.1) is 27.6 Å². The van der Waals surface area contributed by atoms with Crippen molar-refractivity contribution in [2.45, 2.75) is 5.16 Å². The van der Waals surface area contributed by atoms with E-state index in [0.717, 1.165) is 16.4 Å². The summed E-state index contributed by atoms with van der Waals surface area (Å²) in [6.07, 6.45) is 0. The quantitative estimate of drug-likeness (QED) is 0.217. The van der Waals surface area contributed by atoms with E-state index in [4.69, 9.17) is 0 Å². The molecule has 0 N–H and O–H groups in total. The largest absolute Gasteiger partial charge is 0.539 e. The standard InChI is InChI=1S/C19H14N4O4S/c1-22-16(18(26)27-21-22)15(24)11-28-19-20-14-10-6-5-9-13(14)17(25)23(19)12-7-3-2-4-8-12/h2-10H,11H2,1H3. The molecule has 2 aromatic heterocycles. The van der Waals surface area contributed by atoms with Crippen LogP contribution in [0.3, 0.4) is 0 Å². The third kappa shape index (κ3) is 3.16. The first-order chi connectivity index (χ1) is 13.6. The van der Waals surface area contributed by atoms with Crippen LogP contribution in [0.25, 0.3) is 16.6 Å². The molecule has 140 valence electrons. The molecule has 2 aromatic carbocycles. The SMILES string of the molecule is C[n+]1noc([O-])c1C(=O)CSc1nc2ccccc2c(=O)n1-c1ccccc1. The van der Waals surface area contributed by atoms with Crippen LogP contribution in [-0.2, 0) is 7.05 Å². The summed E-state index contributed by atoms with van der Waals surface area (Å²) in [5.74, 6) is -1.34. The lowest BCUT2D eigenvalue weighted by Gasteiger charge is -2.12. The maximum atomic E-state index is 13.1. The van der Waals surface area contributed by atoms with E-state index >= 15 is 0 Å². The number of hydrogen-bond acceptors (Lipinski definition) is 7. The van der Waals surface area contributed by atoms with Crippen molar-refractivity contribution in [1.82, 2.24) is 14.8 Å². The van der Waals surface area contributed by atoms with E-state index in [-0.39, 0.29) is 17.0 Å². The van der Waals surface area contributed by atoms with Gasteiger partial charge >= 0.3 is 0 Å². The molecule has 0 unspecified atom stereocenters. The minimum Gasteiger partial charge on any atom is -0.539 e. The van der Waals surface area contributed by atoms with Crippen molar-refractivity contribution in [1.29, 1.82) is 0 Å². The molecular weight excluding hydrogens is 380 g/mol. The van der Waals surface area contributed by atoms with Crippen LogP contribution in [0.15, 0.2) is 69.1 Å². The molecule has 0 aliphatic heterocycles. The monoisotopic (exact) mass is 394 g/mol. The van der Waals surface area contributed by atoms with Crippen LogP contribution in [0.5, 0.6) is 5.95 Å². The minimum absolute atomic E-state index is 0.0953. The molecule has 0 atom stereocenters. The summed E-state index contributed by atoms with van der Waals surface area (Å²) in [6.45, 7) is 0. The molecule has 0 saturated carbocycles. The predicted molar refractivity (Wildman–Crippen MR) is 99.5 cm³/mol. The number of fused-ring (bicyclic) bond motifs is 1. The lowest BCUT2D eigenvalue weighted by atomic mass is 10.2. The van der Waals surface area contributed by atoms with Gasteiger partial charge in [0, 0.05) is 0 Å². The summed E-state index contributed by atoms with van der Waals surface area (Å²) >= 11 is 1.08. The number of para-hydroxylation sites is 2. The van der Waals surface area contributed by atoms with Crippen LogP contribution in [-0.4, -0.2) is 26.4 Å². The van der Waals surface area contributed by atoms with Gasteiger partial charge in [-0.1, -0.05) is 46.8 Å². The Labute approximate surface area is 163 Å². The van der Waals surface area contributed by atoms with E-state index in [1.165, 1.54) is 11.6 Å². The van der Waals surface area contributed by atoms with Gasteiger partial charge in [-0.15, -0.1) is 0 Å². The molecule has 0 radical (unpaired) electrons. The van der Waals surface area contributed by atoms with Gasteiger partial charge in [0.2, 0.25) is 5.78 Å². The summed E-state index contributed by atoms with van der Waals surface area (Å²) in [5, 5.41) is 15.9. The number of Topliss-reactive ketones (excluding diaryl/α,β-unsaturated/α-hetero) is 1. The Hall–Kier alpha value is -3.46. The highest BCUT2D eigenvalue weighted by molar-refractivity contribution is 7.99. The first kappa shape index (κ1) is 17.9. The molecule has 0 fully saturated rings. The average Bonchev–Trinajstić information content (AvgIpc) is 3.05. The highest BCUT2D eigenvalue weighted by atomic mass is 32.2. The zero-order valence-electron chi connectivity index (χ0n) is 14.7. The zero-order chi connectivity index (χ0) is 19.7. The molecule has 0 aliphatic carbocycles. The Morgan fingerprint density at radius 2 is 1.89 bits per heavy atom. The normalized spacial score (nSPS) is 11.0. The van der Waals surface area contributed by atoms with Crippen molar-refractivity contribution in [3.8, 4) is 11.6 Å².